The number of sulfonamides is 1. The summed E-state index contributed by atoms with van der Waals surface area (Å²) in [6.45, 7) is 0.512. The van der Waals surface area contributed by atoms with Crippen LogP contribution in [0.15, 0.2) is 47.4 Å². The van der Waals surface area contributed by atoms with E-state index in [9.17, 15) is 13.2 Å². The van der Waals surface area contributed by atoms with E-state index in [1.165, 1.54) is 46.5 Å². The van der Waals surface area contributed by atoms with Gasteiger partial charge in [0.2, 0.25) is 0 Å². The average molecular weight is 699 g/mol. The number of amides is 1. The van der Waals surface area contributed by atoms with Gasteiger partial charge >= 0.3 is 6.09 Å². The van der Waals surface area contributed by atoms with Crippen molar-refractivity contribution < 1.29 is 17.9 Å². The molecule has 0 radical (unpaired) electrons. The van der Waals surface area contributed by atoms with E-state index >= 15 is 0 Å². The van der Waals surface area contributed by atoms with Gasteiger partial charge in [-0.3, -0.25) is 4.31 Å². The number of thiophene rings is 1. The Kier molecular flexibility index (Phi) is 10.8. The predicted octanol–water partition coefficient (Wildman–Crippen LogP) is 8.61. The lowest BCUT2D eigenvalue weighted by Crippen LogP contribution is -2.36. The standard InChI is InChI=1S/C32H38Cl3N3O4S2/c1-37(2)29(22-12-14-23(33)15-13-22)21-10-8-20(9-11-21)19-36-32(39)42-30-25-6-4-5-7-28(25)43-31(30)38(3)44(40,41)24-16-17-26(34)27(35)18-24/h12-18,20-21,29H,4-11,19H2,1-3H3,(H,36,39). The van der Waals surface area contributed by atoms with Crippen LogP contribution in [0.4, 0.5) is 9.80 Å². The van der Waals surface area contributed by atoms with Crippen LogP contribution in [0, 0.1) is 11.8 Å². The summed E-state index contributed by atoms with van der Waals surface area (Å²) in [6.07, 6.45) is 7.10. The van der Waals surface area contributed by atoms with Crippen molar-refractivity contribution in [1.29, 1.82) is 0 Å². The Hall–Kier alpha value is -2.01. The topological polar surface area (TPSA) is 79.0 Å². The van der Waals surface area contributed by atoms with E-state index in [-0.39, 0.29) is 14.9 Å². The predicted molar refractivity (Wildman–Crippen MR) is 180 cm³/mol. The normalized spacial score (nSPS) is 19.3. The van der Waals surface area contributed by atoms with Crippen molar-refractivity contribution in [3.63, 3.8) is 0 Å². The maximum absolute atomic E-state index is 13.6. The highest BCUT2D eigenvalue weighted by Gasteiger charge is 2.33. The molecule has 1 fully saturated rings. The molecule has 1 saturated carbocycles. The molecule has 238 valence electrons. The second-order valence-electron chi connectivity index (χ2n) is 11.9. The molecule has 0 aliphatic heterocycles. The Morgan fingerprint density at radius 3 is 2.32 bits per heavy atom. The number of halogens is 3. The second kappa shape index (κ2) is 14.2. The Balaban J connectivity index is 1.24. The summed E-state index contributed by atoms with van der Waals surface area (Å²) in [5.41, 5.74) is 2.19. The van der Waals surface area contributed by atoms with Gasteiger partial charge in [-0.15, -0.1) is 11.3 Å². The highest BCUT2D eigenvalue weighted by Crippen LogP contribution is 2.47. The number of fused-ring (bicyclic) bond motifs is 1. The summed E-state index contributed by atoms with van der Waals surface area (Å²) < 4.78 is 34.2. The Bertz CT molecular complexity index is 1590. The number of carbonyl (C=O) groups excluding carboxylic acids is 1. The highest BCUT2D eigenvalue weighted by atomic mass is 35.5. The van der Waals surface area contributed by atoms with Crippen LogP contribution in [-0.4, -0.2) is 47.1 Å². The molecule has 1 unspecified atom stereocenters. The molecule has 0 spiro atoms. The highest BCUT2D eigenvalue weighted by molar-refractivity contribution is 7.93. The number of anilines is 1. The van der Waals surface area contributed by atoms with E-state index in [1.54, 1.807) is 0 Å². The van der Waals surface area contributed by atoms with Gasteiger partial charge in [0.05, 0.1) is 14.9 Å². The molecule has 2 aromatic carbocycles. The van der Waals surface area contributed by atoms with Gasteiger partial charge in [-0.05, 0) is 113 Å². The third-order valence-corrected chi connectivity index (χ3v) is 13.0. The monoisotopic (exact) mass is 697 g/mol. The van der Waals surface area contributed by atoms with Gasteiger partial charge in [0.1, 0.15) is 5.00 Å². The van der Waals surface area contributed by atoms with Gasteiger partial charge in [-0.25, -0.2) is 13.2 Å². The van der Waals surface area contributed by atoms with Crippen LogP contribution in [0.25, 0.3) is 0 Å². The number of ether oxygens (including phenoxy) is 1. The first kappa shape index (κ1) is 33.4. The molecule has 5 rings (SSSR count). The molecule has 2 aliphatic carbocycles. The number of aryl methyl sites for hydroxylation is 1. The molecule has 1 aromatic heterocycles. The summed E-state index contributed by atoms with van der Waals surface area (Å²) >= 11 is 19.6. The second-order valence-corrected chi connectivity index (χ2v) is 16.2. The molecule has 1 N–H and O–H groups in total. The Morgan fingerprint density at radius 1 is 0.977 bits per heavy atom. The van der Waals surface area contributed by atoms with Crippen molar-refractivity contribution in [3.8, 4) is 5.75 Å². The maximum atomic E-state index is 13.6. The van der Waals surface area contributed by atoms with Crippen molar-refractivity contribution in [3.05, 3.63) is 73.5 Å². The number of hydrogen-bond donors (Lipinski definition) is 1. The third kappa shape index (κ3) is 7.34. The Labute approximate surface area is 279 Å². The number of carbonyl (C=O) groups is 1. The molecule has 1 amide bonds. The summed E-state index contributed by atoms with van der Waals surface area (Å²) in [5.74, 6) is 1.19. The van der Waals surface area contributed by atoms with Crippen LogP contribution >= 0.6 is 46.1 Å². The molecule has 44 heavy (non-hydrogen) atoms. The lowest BCUT2D eigenvalue weighted by Gasteiger charge is -2.37. The molecule has 12 heteroatoms. The van der Waals surface area contributed by atoms with Crippen LogP contribution in [0.2, 0.25) is 15.1 Å². The van der Waals surface area contributed by atoms with Gasteiger partial charge in [0.15, 0.2) is 5.75 Å². The SMILES string of the molecule is CN(C)C(c1ccc(Cl)cc1)C1CCC(CNC(=O)Oc2c(N(C)S(=O)(=O)c3ccc(Cl)c(Cl)c3)sc3c2CCCC3)CC1. The van der Waals surface area contributed by atoms with Gasteiger partial charge < -0.3 is 15.0 Å². The smallest absolute Gasteiger partial charge is 0.407 e. The fourth-order valence-electron chi connectivity index (χ4n) is 6.46. The lowest BCUT2D eigenvalue weighted by molar-refractivity contribution is 0.146. The molecule has 1 atom stereocenters. The van der Waals surface area contributed by atoms with Gasteiger partial charge in [0.25, 0.3) is 10.0 Å². The molecule has 1 heterocycles. The number of hydrogen-bond acceptors (Lipinski definition) is 6. The zero-order chi connectivity index (χ0) is 31.6. The minimum atomic E-state index is -3.98. The fourth-order valence-corrected chi connectivity index (χ4v) is 9.66. The number of nitrogens with one attached hydrogen (secondary N) is 1. The number of nitrogens with zero attached hydrogens (tertiary/aromatic N) is 2. The molecule has 2 aliphatic rings. The first-order chi connectivity index (χ1) is 21.0. The molecule has 3 aromatic rings. The van der Waals surface area contributed by atoms with Crippen LogP contribution in [-0.2, 0) is 22.9 Å². The van der Waals surface area contributed by atoms with E-state index in [0.717, 1.165) is 66.8 Å². The molecule has 0 bridgehead atoms. The summed E-state index contributed by atoms with van der Waals surface area (Å²) in [7, 11) is 1.73. The van der Waals surface area contributed by atoms with E-state index in [4.69, 9.17) is 39.5 Å². The summed E-state index contributed by atoms with van der Waals surface area (Å²) in [6, 6.07) is 12.7. The first-order valence-corrected chi connectivity index (χ1v) is 18.3. The lowest BCUT2D eigenvalue weighted by atomic mass is 9.76. The summed E-state index contributed by atoms with van der Waals surface area (Å²) in [4.78, 5) is 16.5. The zero-order valence-corrected chi connectivity index (χ0v) is 29.0. The van der Waals surface area contributed by atoms with Gasteiger partial charge in [0, 0.05) is 35.1 Å². The molecular weight excluding hydrogens is 661 g/mol. The molecule has 0 saturated heterocycles. The van der Waals surface area contributed by atoms with E-state index in [2.05, 4.69) is 36.4 Å². The average Bonchev–Trinajstić information content (AvgIpc) is 3.36. The summed E-state index contributed by atoms with van der Waals surface area (Å²) in [5, 5.41) is 4.52. The number of benzene rings is 2. The van der Waals surface area contributed by atoms with E-state index < -0.39 is 16.1 Å². The quantitative estimate of drug-likeness (QED) is 0.242. The fraction of sp³-hybridized carbons (Fsp3) is 0.469. The van der Waals surface area contributed by atoms with Crippen molar-refractivity contribution in [2.24, 2.45) is 11.8 Å². The van der Waals surface area contributed by atoms with Gasteiger partial charge in [-0.2, -0.15) is 0 Å². The van der Waals surface area contributed by atoms with Crippen LogP contribution in [0.1, 0.15) is 60.6 Å². The minimum absolute atomic E-state index is 0.0133. The Morgan fingerprint density at radius 2 is 1.66 bits per heavy atom. The largest absolute Gasteiger partial charge is 0.412 e. The first-order valence-electron chi connectivity index (χ1n) is 14.9. The minimum Gasteiger partial charge on any atom is -0.407 e. The zero-order valence-electron chi connectivity index (χ0n) is 25.1. The van der Waals surface area contributed by atoms with Crippen molar-refractivity contribution in [2.45, 2.75) is 62.3 Å². The number of rotatable bonds is 9. The van der Waals surface area contributed by atoms with E-state index in [0.29, 0.717) is 35.2 Å². The van der Waals surface area contributed by atoms with Crippen LogP contribution in [0.5, 0.6) is 5.75 Å². The van der Waals surface area contributed by atoms with Crippen LogP contribution < -0.4 is 14.4 Å². The van der Waals surface area contributed by atoms with Crippen molar-refractivity contribution in [2.75, 3.05) is 32.0 Å². The maximum Gasteiger partial charge on any atom is 0.412 e. The molecular formula is C32H38Cl3N3O4S2. The molecule has 7 nitrogen and oxygen atoms in total. The van der Waals surface area contributed by atoms with Crippen molar-refractivity contribution >= 4 is 67.3 Å². The van der Waals surface area contributed by atoms with E-state index in [1.807, 2.05) is 12.1 Å². The van der Waals surface area contributed by atoms with Crippen molar-refractivity contribution in [1.82, 2.24) is 10.2 Å². The third-order valence-electron chi connectivity index (χ3n) is 8.78. The van der Waals surface area contributed by atoms with Gasteiger partial charge in [-0.1, -0.05) is 46.9 Å². The van der Waals surface area contributed by atoms with Crippen LogP contribution in [0.3, 0.4) is 0 Å².